The zero-order chi connectivity index (χ0) is 31.3. The van der Waals surface area contributed by atoms with Crippen LogP contribution in [0.2, 0.25) is 0 Å². The van der Waals surface area contributed by atoms with E-state index in [1.165, 1.54) is 12.1 Å². The molecule has 9 nitrogen and oxygen atoms in total. The van der Waals surface area contributed by atoms with E-state index in [0.29, 0.717) is 11.1 Å². The number of aliphatic hydroxyl groups excluding tert-OH is 1. The quantitative estimate of drug-likeness (QED) is 0.0753. The SMILES string of the molecule is C=C(CC)c1ccc(S(=O)(=O)O)cc1.C=CC(=O)OCCO.C=CC(=O)Oc1cccc2cc3ccccc3c(O)c12. The van der Waals surface area contributed by atoms with E-state index in [1.807, 2.05) is 43.3 Å². The minimum Gasteiger partial charge on any atom is -0.507 e. The first-order chi connectivity index (χ1) is 20.0. The summed E-state index contributed by atoms with van der Waals surface area (Å²) in [6, 6.07) is 20.8. The maximum atomic E-state index is 11.4. The Bertz CT molecular complexity index is 1690. The van der Waals surface area contributed by atoms with Gasteiger partial charge in [0, 0.05) is 17.5 Å². The number of benzene rings is 4. The zero-order valence-electron chi connectivity index (χ0n) is 23.0. The predicted octanol–water partition coefficient (Wildman–Crippen LogP) is 5.85. The minimum absolute atomic E-state index is 0.0465. The first-order valence-electron chi connectivity index (χ1n) is 12.6. The molecule has 0 atom stereocenters. The molecule has 0 aliphatic rings. The number of fused-ring (bicyclic) bond motifs is 2. The lowest BCUT2D eigenvalue weighted by Gasteiger charge is -2.10. The summed E-state index contributed by atoms with van der Waals surface area (Å²) in [6.07, 6.45) is 2.96. The maximum Gasteiger partial charge on any atom is 0.335 e. The number of carbonyl (C=O) groups is 2. The second-order valence-electron chi connectivity index (χ2n) is 8.48. The number of hydrogen-bond donors (Lipinski definition) is 3. The summed E-state index contributed by atoms with van der Waals surface area (Å²) in [5, 5.41) is 21.6. The van der Waals surface area contributed by atoms with Crippen LogP contribution >= 0.6 is 0 Å². The number of phenolic OH excluding ortho intramolecular Hbond substituents is 1. The van der Waals surface area contributed by atoms with E-state index in [0.717, 1.165) is 45.9 Å². The van der Waals surface area contributed by atoms with Gasteiger partial charge in [-0.1, -0.05) is 75.2 Å². The molecule has 0 saturated heterocycles. The summed E-state index contributed by atoms with van der Waals surface area (Å²) in [7, 11) is -4.08. The number of hydrogen-bond acceptors (Lipinski definition) is 8. The number of ether oxygens (including phenoxy) is 2. The molecule has 220 valence electrons. The molecule has 0 saturated carbocycles. The molecule has 0 aromatic heterocycles. The van der Waals surface area contributed by atoms with E-state index in [9.17, 15) is 23.1 Å². The zero-order valence-corrected chi connectivity index (χ0v) is 23.8. The molecule has 0 unspecified atom stereocenters. The molecule has 10 heteroatoms. The highest BCUT2D eigenvalue weighted by atomic mass is 32.2. The highest BCUT2D eigenvalue weighted by Crippen LogP contribution is 2.39. The summed E-state index contributed by atoms with van der Waals surface area (Å²) in [5.41, 5.74) is 1.83. The third kappa shape index (κ3) is 9.41. The Kier molecular flexibility index (Phi) is 12.6. The number of aliphatic hydroxyl groups is 1. The van der Waals surface area contributed by atoms with Crippen LogP contribution in [0.1, 0.15) is 18.9 Å². The number of phenols is 1. The molecule has 0 heterocycles. The molecule has 42 heavy (non-hydrogen) atoms. The van der Waals surface area contributed by atoms with E-state index in [4.69, 9.17) is 14.4 Å². The largest absolute Gasteiger partial charge is 0.507 e. The van der Waals surface area contributed by atoms with Gasteiger partial charge < -0.3 is 19.7 Å². The first kappa shape index (κ1) is 33.4. The van der Waals surface area contributed by atoms with E-state index >= 15 is 0 Å². The fraction of sp³-hybridized carbons (Fsp3) is 0.125. The van der Waals surface area contributed by atoms with Gasteiger partial charge in [0.15, 0.2) is 0 Å². The molecule has 0 spiro atoms. The summed E-state index contributed by atoms with van der Waals surface area (Å²) in [4.78, 5) is 21.4. The fourth-order valence-electron chi connectivity index (χ4n) is 3.57. The van der Waals surface area contributed by atoms with Gasteiger partial charge in [-0.3, -0.25) is 4.55 Å². The first-order valence-corrected chi connectivity index (χ1v) is 14.0. The summed E-state index contributed by atoms with van der Waals surface area (Å²) in [5.74, 6) is -0.606. The Labute approximate surface area is 244 Å². The van der Waals surface area contributed by atoms with Gasteiger partial charge in [-0.15, -0.1) is 0 Å². The number of aromatic hydroxyl groups is 1. The molecular formula is C32H32O9S. The van der Waals surface area contributed by atoms with Gasteiger partial charge in [-0.2, -0.15) is 8.42 Å². The average molecular weight is 593 g/mol. The molecule has 0 aliphatic heterocycles. The van der Waals surface area contributed by atoms with Crippen LogP contribution in [0.4, 0.5) is 0 Å². The van der Waals surface area contributed by atoms with Gasteiger partial charge in [0.25, 0.3) is 10.1 Å². The molecule has 0 aliphatic carbocycles. The summed E-state index contributed by atoms with van der Waals surface area (Å²) in [6.45, 7) is 12.2. The monoisotopic (exact) mass is 592 g/mol. The topological polar surface area (TPSA) is 147 Å². The van der Waals surface area contributed by atoms with Crippen LogP contribution in [0.25, 0.3) is 27.1 Å². The van der Waals surface area contributed by atoms with Crippen molar-refractivity contribution in [1.82, 2.24) is 0 Å². The van der Waals surface area contributed by atoms with Crippen LogP contribution in [0.15, 0.2) is 110 Å². The highest BCUT2D eigenvalue weighted by molar-refractivity contribution is 7.85. The van der Waals surface area contributed by atoms with Gasteiger partial charge in [0.2, 0.25) is 0 Å². The number of allylic oxidation sites excluding steroid dienone is 1. The molecule has 0 bridgehead atoms. The highest BCUT2D eigenvalue weighted by Gasteiger charge is 2.13. The molecule has 4 rings (SSSR count). The van der Waals surface area contributed by atoms with Gasteiger partial charge in [-0.05, 0) is 52.6 Å². The second-order valence-corrected chi connectivity index (χ2v) is 9.90. The lowest BCUT2D eigenvalue weighted by Crippen LogP contribution is -2.04. The predicted molar refractivity (Wildman–Crippen MR) is 163 cm³/mol. The molecule has 4 aromatic carbocycles. The van der Waals surface area contributed by atoms with Crippen LogP contribution in [-0.4, -0.2) is 48.3 Å². The van der Waals surface area contributed by atoms with Gasteiger partial charge >= 0.3 is 11.9 Å². The number of rotatable bonds is 8. The third-order valence-corrected chi connectivity index (χ3v) is 6.56. The van der Waals surface area contributed by atoms with E-state index < -0.39 is 22.1 Å². The normalized spacial score (nSPS) is 10.4. The Balaban J connectivity index is 0.000000245. The van der Waals surface area contributed by atoms with Gasteiger partial charge in [0.1, 0.15) is 18.1 Å². The summed E-state index contributed by atoms with van der Waals surface area (Å²) >= 11 is 0. The minimum atomic E-state index is -4.08. The molecular weight excluding hydrogens is 560 g/mol. The average Bonchev–Trinajstić information content (AvgIpc) is 2.99. The van der Waals surface area contributed by atoms with Crippen LogP contribution < -0.4 is 4.74 Å². The van der Waals surface area contributed by atoms with E-state index in [-0.39, 0.29) is 23.9 Å². The van der Waals surface area contributed by atoms with Crippen LogP contribution in [0, 0.1) is 0 Å². The number of esters is 2. The maximum absolute atomic E-state index is 11.4. The Morgan fingerprint density at radius 1 is 0.905 bits per heavy atom. The standard InChI is InChI=1S/C17H12O3.C10H12O3S.C5H8O3/c1-2-15(18)20-14-9-5-7-12-10-11-6-3-4-8-13(11)17(19)16(12)14;1-3-8(2)9-4-6-10(7-5-9)14(11,12)13;1-2-5(7)8-4-3-6/h2-10,19H,1H2;4-7H,2-3H2,1H3,(H,11,12,13);2,6H,1,3-4H2. The summed E-state index contributed by atoms with van der Waals surface area (Å²) < 4.78 is 39.7. The Morgan fingerprint density at radius 3 is 2.10 bits per heavy atom. The van der Waals surface area contributed by atoms with Crippen molar-refractivity contribution in [2.75, 3.05) is 13.2 Å². The lowest BCUT2D eigenvalue weighted by molar-refractivity contribution is -0.138. The smallest absolute Gasteiger partial charge is 0.335 e. The van der Waals surface area contributed by atoms with Crippen LogP contribution in [0.3, 0.4) is 0 Å². The second kappa shape index (κ2) is 15.9. The molecule has 0 fully saturated rings. The molecule has 3 N–H and O–H groups in total. The Hall–Kier alpha value is -4.77. The van der Waals surface area contributed by atoms with Crippen molar-refractivity contribution < 1.29 is 42.2 Å². The van der Waals surface area contributed by atoms with Crippen molar-refractivity contribution in [2.45, 2.75) is 18.2 Å². The van der Waals surface area contributed by atoms with E-state index in [1.54, 1.807) is 24.3 Å². The van der Waals surface area contributed by atoms with Crippen molar-refractivity contribution in [3.05, 3.63) is 110 Å². The van der Waals surface area contributed by atoms with E-state index in [2.05, 4.69) is 24.5 Å². The Morgan fingerprint density at radius 2 is 1.52 bits per heavy atom. The number of carbonyl (C=O) groups excluding carboxylic acids is 2. The molecule has 0 radical (unpaired) electrons. The van der Waals surface area contributed by atoms with Crippen LogP contribution in [0.5, 0.6) is 11.5 Å². The molecule has 4 aromatic rings. The fourth-order valence-corrected chi connectivity index (χ4v) is 4.05. The van der Waals surface area contributed by atoms with Crippen molar-refractivity contribution in [1.29, 1.82) is 0 Å². The van der Waals surface area contributed by atoms with Crippen molar-refractivity contribution in [2.24, 2.45) is 0 Å². The van der Waals surface area contributed by atoms with Crippen molar-refractivity contribution in [3.63, 3.8) is 0 Å². The van der Waals surface area contributed by atoms with Crippen LogP contribution in [-0.2, 0) is 24.4 Å². The third-order valence-electron chi connectivity index (χ3n) is 5.69. The van der Waals surface area contributed by atoms with Gasteiger partial charge in [0.05, 0.1) is 16.9 Å². The lowest BCUT2D eigenvalue weighted by atomic mass is 10.0. The van der Waals surface area contributed by atoms with Crippen molar-refractivity contribution >= 4 is 49.2 Å². The molecule has 0 amide bonds. The van der Waals surface area contributed by atoms with Crippen molar-refractivity contribution in [3.8, 4) is 11.5 Å². The van der Waals surface area contributed by atoms with Gasteiger partial charge in [-0.25, -0.2) is 9.59 Å².